The van der Waals surface area contributed by atoms with Crippen molar-refractivity contribution in [3.8, 4) is 0 Å². The molecule has 1 N–H and O–H groups in total. The fourth-order valence-corrected chi connectivity index (χ4v) is 5.26. The number of alkyl halides is 2. The predicted molar refractivity (Wildman–Crippen MR) is 116 cm³/mol. The first-order valence-electron chi connectivity index (χ1n) is 11.6. The van der Waals surface area contributed by atoms with Crippen LogP contribution in [0.2, 0.25) is 0 Å². The second-order valence-corrected chi connectivity index (χ2v) is 9.78. The van der Waals surface area contributed by atoms with Gasteiger partial charge in [0.2, 0.25) is 17.7 Å². The zero-order chi connectivity index (χ0) is 23.0. The van der Waals surface area contributed by atoms with Crippen LogP contribution in [0.3, 0.4) is 0 Å². The molecule has 4 rings (SSSR count). The number of nitrogens with one attached hydrogen (secondary N) is 1. The van der Waals surface area contributed by atoms with Gasteiger partial charge in [-0.1, -0.05) is 12.8 Å². The second kappa shape index (κ2) is 9.04. The summed E-state index contributed by atoms with van der Waals surface area (Å²) < 4.78 is 40.5. The van der Waals surface area contributed by atoms with E-state index >= 15 is 0 Å². The molecule has 1 saturated heterocycles. The highest BCUT2D eigenvalue weighted by molar-refractivity contribution is 5.94. The highest BCUT2D eigenvalue weighted by Gasteiger charge is 2.48. The summed E-state index contributed by atoms with van der Waals surface area (Å²) in [7, 11) is 0. The third kappa shape index (κ3) is 4.95. The number of hydrogen-bond acceptors (Lipinski definition) is 3. The van der Waals surface area contributed by atoms with E-state index < -0.39 is 36.4 Å². The molecule has 8 heteroatoms. The van der Waals surface area contributed by atoms with E-state index in [2.05, 4.69) is 17.1 Å². The zero-order valence-electron chi connectivity index (χ0n) is 18.8. The van der Waals surface area contributed by atoms with Crippen molar-refractivity contribution < 1.29 is 22.8 Å². The van der Waals surface area contributed by atoms with Gasteiger partial charge in [-0.2, -0.15) is 0 Å². The van der Waals surface area contributed by atoms with Crippen molar-refractivity contribution in [1.29, 1.82) is 0 Å². The Morgan fingerprint density at radius 2 is 1.81 bits per heavy atom. The number of benzene rings is 1. The molecule has 0 aromatic heterocycles. The first-order chi connectivity index (χ1) is 15.1. The Bertz CT molecular complexity index is 877. The molecule has 176 valence electrons. The molecule has 5 nitrogen and oxygen atoms in total. The maximum atomic E-state index is 14.3. The molecule has 3 aliphatic rings. The van der Waals surface area contributed by atoms with Crippen molar-refractivity contribution in [2.75, 3.05) is 25.0 Å². The van der Waals surface area contributed by atoms with E-state index in [9.17, 15) is 22.8 Å². The third-order valence-electron chi connectivity index (χ3n) is 7.29. The number of halogens is 3. The average Bonchev–Trinajstić information content (AvgIpc) is 3.24. The topological polar surface area (TPSA) is 52.6 Å². The van der Waals surface area contributed by atoms with Crippen molar-refractivity contribution >= 4 is 17.5 Å². The Morgan fingerprint density at radius 1 is 1.12 bits per heavy atom. The van der Waals surface area contributed by atoms with Gasteiger partial charge in [-0.3, -0.25) is 14.5 Å². The molecule has 0 spiro atoms. The molecule has 0 radical (unpaired) electrons. The first-order valence-corrected chi connectivity index (χ1v) is 11.6. The fraction of sp³-hybridized carbons (Fsp3) is 0.667. The molecule has 32 heavy (non-hydrogen) atoms. The lowest BCUT2D eigenvalue weighted by molar-refractivity contribution is -0.145. The minimum Gasteiger partial charge on any atom is -0.337 e. The molecule has 1 atom stereocenters. The van der Waals surface area contributed by atoms with Crippen LogP contribution in [-0.4, -0.2) is 53.2 Å². The average molecular weight is 452 g/mol. The molecule has 2 amide bonds. The number of anilines is 1. The van der Waals surface area contributed by atoms with Gasteiger partial charge in [0, 0.05) is 62.6 Å². The second-order valence-electron chi connectivity index (χ2n) is 9.78. The zero-order valence-corrected chi connectivity index (χ0v) is 18.8. The van der Waals surface area contributed by atoms with E-state index in [1.54, 1.807) is 0 Å². The maximum absolute atomic E-state index is 14.3. The number of carbonyl (C=O) groups excluding carboxylic acids is 2. The molecule has 1 aromatic carbocycles. The summed E-state index contributed by atoms with van der Waals surface area (Å²) in [5.41, 5.74) is 1.83. The Labute approximate surface area is 187 Å². The van der Waals surface area contributed by atoms with Gasteiger partial charge < -0.3 is 10.2 Å². The van der Waals surface area contributed by atoms with E-state index in [1.807, 2.05) is 11.8 Å². The molecule has 3 fully saturated rings. The van der Waals surface area contributed by atoms with Crippen LogP contribution >= 0.6 is 0 Å². The van der Waals surface area contributed by atoms with E-state index in [0.717, 1.165) is 36.8 Å². The molecule has 0 bridgehead atoms. The molecular formula is C24H32F3N3O2. The van der Waals surface area contributed by atoms with Gasteiger partial charge in [0.1, 0.15) is 5.82 Å². The Morgan fingerprint density at radius 3 is 2.44 bits per heavy atom. The van der Waals surface area contributed by atoms with Crippen molar-refractivity contribution in [3.05, 3.63) is 29.1 Å². The standard InChI is InChI=1S/C24H32F3N3O2/c1-15-13-29(7-8-30(15)23(32)17-5-3-4-6-17)14-18-9-20(25)10-21(16(18)2)28-22(31)19-11-24(26,27)12-19/h9-10,15,17,19H,3-8,11-14H2,1-2H3,(H,28,31)/t15-/m0/s1. The Hall–Kier alpha value is -2.09. The van der Waals surface area contributed by atoms with Gasteiger partial charge in [-0.05, 0) is 49.9 Å². The summed E-state index contributed by atoms with van der Waals surface area (Å²) in [5, 5.41) is 2.65. The van der Waals surface area contributed by atoms with Crippen LogP contribution in [-0.2, 0) is 16.1 Å². The van der Waals surface area contributed by atoms with Crippen LogP contribution in [0.5, 0.6) is 0 Å². The van der Waals surface area contributed by atoms with Crippen molar-refractivity contribution in [2.45, 2.75) is 70.9 Å². The number of hydrogen-bond donors (Lipinski definition) is 1. The quantitative estimate of drug-likeness (QED) is 0.725. The summed E-state index contributed by atoms with van der Waals surface area (Å²) in [6.07, 6.45) is 3.32. The van der Waals surface area contributed by atoms with Crippen molar-refractivity contribution in [1.82, 2.24) is 9.80 Å². The number of amides is 2. The summed E-state index contributed by atoms with van der Waals surface area (Å²) in [4.78, 5) is 29.3. The molecular weight excluding hydrogens is 419 g/mol. The number of carbonyl (C=O) groups is 2. The lowest BCUT2D eigenvalue weighted by Gasteiger charge is -2.41. The van der Waals surface area contributed by atoms with Gasteiger partial charge in [-0.25, -0.2) is 13.2 Å². The van der Waals surface area contributed by atoms with Gasteiger partial charge in [0.05, 0.1) is 0 Å². The molecule has 1 aliphatic heterocycles. The minimum absolute atomic E-state index is 0.0881. The van der Waals surface area contributed by atoms with Crippen LogP contribution in [0, 0.1) is 24.6 Å². The molecule has 0 unspecified atom stereocenters. The van der Waals surface area contributed by atoms with E-state index in [1.165, 1.54) is 12.1 Å². The highest BCUT2D eigenvalue weighted by Crippen LogP contribution is 2.43. The number of nitrogens with zero attached hydrogens (tertiary/aromatic N) is 2. The summed E-state index contributed by atoms with van der Waals surface area (Å²) >= 11 is 0. The SMILES string of the molecule is Cc1c(CN2CCN(C(=O)C3CCCC3)[C@@H](C)C2)cc(F)cc1NC(=O)C1CC(F)(F)C1. The van der Waals surface area contributed by atoms with E-state index in [-0.39, 0.29) is 17.9 Å². The highest BCUT2D eigenvalue weighted by atomic mass is 19.3. The monoisotopic (exact) mass is 451 g/mol. The lowest BCUT2D eigenvalue weighted by Crippen LogP contribution is -2.54. The van der Waals surface area contributed by atoms with Gasteiger partial charge in [0.25, 0.3) is 0 Å². The lowest BCUT2D eigenvalue weighted by atomic mass is 9.80. The fourth-order valence-electron chi connectivity index (χ4n) is 5.26. The van der Waals surface area contributed by atoms with Crippen LogP contribution in [0.4, 0.5) is 18.9 Å². The van der Waals surface area contributed by atoms with Gasteiger partial charge in [0.15, 0.2) is 0 Å². The number of rotatable bonds is 5. The summed E-state index contributed by atoms with van der Waals surface area (Å²) in [6, 6.07) is 2.79. The minimum atomic E-state index is -2.78. The van der Waals surface area contributed by atoms with Gasteiger partial charge in [-0.15, -0.1) is 0 Å². The third-order valence-corrected chi connectivity index (χ3v) is 7.29. The Kier molecular flexibility index (Phi) is 6.52. The molecule has 1 aromatic rings. The molecule has 2 aliphatic carbocycles. The largest absolute Gasteiger partial charge is 0.337 e. The van der Waals surface area contributed by atoms with E-state index in [4.69, 9.17) is 0 Å². The number of piperazine rings is 1. The summed E-state index contributed by atoms with van der Waals surface area (Å²) in [6.45, 7) is 6.43. The first kappa shape index (κ1) is 23.1. The van der Waals surface area contributed by atoms with Crippen LogP contribution in [0.25, 0.3) is 0 Å². The van der Waals surface area contributed by atoms with Crippen LogP contribution in [0.15, 0.2) is 12.1 Å². The normalized spacial score (nSPS) is 24.4. The Balaban J connectivity index is 1.38. The van der Waals surface area contributed by atoms with Gasteiger partial charge >= 0.3 is 0 Å². The van der Waals surface area contributed by atoms with Crippen molar-refractivity contribution in [2.24, 2.45) is 11.8 Å². The van der Waals surface area contributed by atoms with Crippen LogP contribution in [0.1, 0.15) is 56.6 Å². The van der Waals surface area contributed by atoms with E-state index in [0.29, 0.717) is 31.9 Å². The molecule has 1 heterocycles. The molecule has 2 saturated carbocycles. The summed E-state index contributed by atoms with van der Waals surface area (Å²) in [5.74, 6) is -4.03. The maximum Gasteiger partial charge on any atom is 0.249 e. The van der Waals surface area contributed by atoms with Crippen LogP contribution < -0.4 is 5.32 Å². The predicted octanol–water partition coefficient (Wildman–Crippen LogP) is 4.34. The van der Waals surface area contributed by atoms with Crippen molar-refractivity contribution in [3.63, 3.8) is 0 Å². The smallest absolute Gasteiger partial charge is 0.249 e.